The summed E-state index contributed by atoms with van der Waals surface area (Å²) in [6.07, 6.45) is 0. The van der Waals surface area contributed by atoms with Gasteiger partial charge in [0.1, 0.15) is 5.75 Å². The Hall–Kier alpha value is -3.56. The monoisotopic (exact) mass is 473 g/mol. The molecule has 2 amide bonds. The van der Waals surface area contributed by atoms with E-state index in [1.807, 2.05) is 0 Å². The van der Waals surface area contributed by atoms with Crippen molar-refractivity contribution in [2.24, 2.45) is 0 Å². The lowest BCUT2D eigenvalue weighted by atomic mass is 10.2. The third-order valence-corrected chi connectivity index (χ3v) is 5.88. The maximum Gasteiger partial charge on any atom is 0.261 e. The van der Waals surface area contributed by atoms with E-state index in [0.717, 1.165) is 0 Å². The Kier molecular flexibility index (Phi) is 7.34. The van der Waals surface area contributed by atoms with E-state index in [0.29, 0.717) is 22.0 Å². The molecule has 0 radical (unpaired) electrons. The quantitative estimate of drug-likeness (QED) is 0.463. The second kappa shape index (κ2) is 10.2. The van der Waals surface area contributed by atoms with Gasteiger partial charge in [-0.2, -0.15) is 0 Å². The molecule has 0 saturated carbocycles. The Morgan fingerprint density at radius 3 is 2.34 bits per heavy atom. The molecule has 0 aliphatic carbocycles. The molecule has 0 atom stereocenters. The number of halogens is 1. The number of amides is 2. The third kappa shape index (κ3) is 6.22. The predicted molar refractivity (Wildman–Crippen MR) is 123 cm³/mol. The third-order valence-electron chi connectivity index (χ3n) is 4.27. The standard InChI is InChI=1S/C22H20ClN3O5S/c1-31-19-10-8-17(9-11-19)26-32(29,30)20-7-3-6-18(13-20)25-21(27)14-24-22(28)15-4-2-5-16(23)12-15/h2-13,26H,14H2,1H3,(H,24,28)(H,25,27). The Bertz CT molecular complexity index is 1230. The van der Waals surface area contributed by atoms with Crippen molar-refractivity contribution in [2.75, 3.05) is 23.7 Å². The van der Waals surface area contributed by atoms with Crippen molar-refractivity contribution in [3.63, 3.8) is 0 Å². The first kappa shape index (κ1) is 23.1. The van der Waals surface area contributed by atoms with Crippen molar-refractivity contribution in [2.45, 2.75) is 4.90 Å². The number of anilines is 2. The first-order valence-corrected chi connectivity index (χ1v) is 11.2. The van der Waals surface area contributed by atoms with Gasteiger partial charge in [0.25, 0.3) is 15.9 Å². The number of rotatable bonds is 8. The van der Waals surface area contributed by atoms with Gasteiger partial charge in [-0.25, -0.2) is 8.42 Å². The lowest BCUT2D eigenvalue weighted by Gasteiger charge is -2.11. The summed E-state index contributed by atoms with van der Waals surface area (Å²) in [5, 5.41) is 5.45. The number of ether oxygens (including phenoxy) is 1. The molecule has 0 aromatic heterocycles. The van der Waals surface area contributed by atoms with E-state index in [1.54, 1.807) is 48.5 Å². The van der Waals surface area contributed by atoms with Gasteiger partial charge in [0.2, 0.25) is 5.91 Å². The molecule has 0 unspecified atom stereocenters. The minimum Gasteiger partial charge on any atom is -0.497 e. The molecule has 0 aliphatic heterocycles. The Balaban J connectivity index is 1.62. The zero-order valence-electron chi connectivity index (χ0n) is 17.0. The number of nitrogens with one attached hydrogen (secondary N) is 3. The maximum absolute atomic E-state index is 12.7. The summed E-state index contributed by atoms with van der Waals surface area (Å²) in [6, 6.07) is 18.5. The predicted octanol–water partition coefficient (Wildman–Crippen LogP) is 3.52. The van der Waals surface area contributed by atoms with Crippen molar-refractivity contribution >= 4 is 44.8 Å². The first-order valence-electron chi connectivity index (χ1n) is 9.37. The lowest BCUT2D eigenvalue weighted by Crippen LogP contribution is -2.32. The number of carbonyl (C=O) groups is 2. The van der Waals surface area contributed by atoms with E-state index in [4.69, 9.17) is 16.3 Å². The highest BCUT2D eigenvalue weighted by molar-refractivity contribution is 7.92. The van der Waals surface area contributed by atoms with E-state index in [-0.39, 0.29) is 17.1 Å². The Morgan fingerprint density at radius 2 is 1.66 bits per heavy atom. The van der Waals surface area contributed by atoms with Crippen LogP contribution in [0.4, 0.5) is 11.4 Å². The van der Waals surface area contributed by atoms with E-state index < -0.39 is 21.8 Å². The van der Waals surface area contributed by atoms with E-state index >= 15 is 0 Å². The SMILES string of the molecule is COc1ccc(NS(=O)(=O)c2cccc(NC(=O)CNC(=O)c3cccc(Cl)c3)c2)cc1. The van der Waals surface area contributed by atoms with Crippen LogP contribution < -0.4 is 20.1 Å². The van der Waals surface area contributed by atoms with E-state index in [1.165, 1.54) is 31.4 Å². The summed E-state index contributed by atoms with van der Waals surface area (Å²) in [7, 11) is -2.37. The maximum atomic E-state index is 12.7. The van der Waals surface area contributed by atoms with Gasteiger partial charge >= 0.3 is 0 Å². The molecule has 32 heavy (non-hydrogen) atoms. The molecule has 3 aromatic carbocycles. The number of sulfonamides is 1. The number of hydrogen-bond donors (Lipinski definition) is 3. The number of methoxy groups -OCH3 is 1. The van der Waals surface area contributed by atoms with Gasteiger partial charge in [-0.1, -0.05) is 23.7 Å². The largest absolute Gasteiger partial charge is 0.497 e. The van der Waals surface area contributed by atoms with Gasteiger partial charge in [-0.3, -0.25) is 14.3 Å². The van der Waals surface area contributed by atoms with Gasteiger partial charge in [-0.15, -0.1) is 0 Å². The molecule has 3 rings (SSSR count). The molecule has 3 aromatic rings. The molecular formula is C22H20ClN3O5S. The molecule has 0 bridgehead atoms. The molecular weight excluding hydrogens is 454 g/mol. The van der Waals surface area contributed by atoms with Gasteiger partial charge in [0, 0.05) is 22.0 Å². The van der Waals surface area contributed by atoms with Crippen molar-refractivity contribution in [3.05, 3.63) is 83.4 Å². The Labute approximate surface area is 190 Å². The van der Waals surface area contributed by atoms with Crippen molar-refractivity contribution in [1.29, 1.82) is 0 Å². The molecule has 0 heterocycles. The summed E-state index contributed by atoms with van der Waals surface area (Å²) in [4.78, 5) is 24.3. The number of hydrogen-bond acceptors (Lipinski definition) is 5. The zero-order valence-corrected chi connectivity index (χ0v) is 18.5. The van der Waals surface area contributed by atoms with Crippen LogP contribution in [0.15, 0.2) is 77.7 Å². The van der Waals surface area contributed by atoms with Crippen molar-refractivity contribution < 1.29 is 22.7 Å². The van der Waals surface area contributed by atoms with Crippen LogP contribution in [0.3, 0.4) is 0 Å². The minimum absolute atomic E-state index is 0.0333. The molecule has 3 N–H and O–H groups in total. The molecule has 10 heteroatoms. The molecule has 0 aliphatic rings. The normalized spacial score (nSPS) is 10.8. The molecule has 0 spiro atoms. The topological polar surface area (TPSA) is 114 Å². The summed E-state index contributed by atoms with van der Waals surface area (Å²) in [5.74, 6) is -0.374. The average molecular weight is 474 g/mol. The molecule has 166 valence electrons. The van der Waals surface area contributed by atoms with Crippen LogP contribution in [0, 0.1) is 0 Å². The van der Waals surface area contributed by atoms with Crippen LogP contribution in [-0.4, -0.2) is 33.9 Å². The van der Waals surface area contributed by atoms with Gasteiger partial charge in [0.05, 0.1) is 18.6 Å². The highest BCUT2D eigenvalue weighted by atomic mass is 35.5. The van der Waals surface area contributed by atoms with Gasteiger partial charge in [0.15, 0.2) is 0 Å². The van der Waals surface area contributed by atoms with Crippen molar-refractivity contribution in [3.8, 4) is 5.75 Å². The average Bonchev–Trinajstić information content (AvgIpc) is 2.78. The Morgan fingerprint density at radius 1 is 0.938 bits per heavy atom. The van der Waals surface area contributed by atoms with Crippen LogP contribution in [0.25, 0.3) is 0 Å². The van der Waals surface area contributed by atoms with Crippen molar-refractivity contribution in [1.82, 2.24) is 5.32 Å². The van der Waals surface area contributed by atoms with Crippen LogP contribution in [0.2, 0.25) is 5.02 Å². The van der Waals surface area contributed by atoms with Crippen LogP contribution in [0.1, 0.15) is 10.4 Å². The second-order valence-corrected chi connectivity index (χ2v) is 8.72. The second-order valence-electron chi connectivity index (χ2n) is 6.60. The fourth-order valence-electron chi connectivity index (χ4n) is 2.71. The van der Waals surface area contributed by atoms with Crippen LogP contribution in [-0.2, 0) is 14.8 Å². The first-order chi connectivity index (χ1) is 15.3. The van der Waals surface area contributed by atoms with Gasteiger partial charge < -0.3 is 15.4 Å². The fraction of sp³-hybridized carbons (Fsp3) is 0.0909. The van der Waals surface area contributed by atoms with Crippen LogP contribution in [0.5, 0.6) is 5.75 Å². The van der Waals surface area contributed by atoms with E-state index in [9.17, 15) is 18.0 Å². The van der Waals surface area contributed by atoms with Gasteiger partial charge in [-0.05, 0) is 60.7 Å². The fourth-order valence-corrected chi connectivity index (χ4v) is 4.01. The summed E-state index contributed by atoms with van der Waals surface area (Å²) >= 11 is 5.86. The molecule has 0 saturated heterocycles. The van der Waals surface area contributed by atoms with Crippen LogP contribution >= 0.6 is 11.6 Å². The number of carbonyl (C=O) groups excluding carboxylic acids is 2. The highest BCUT2D eigenvalue weighted by Gasteiger charge is 2.16. The molecule has 0 fully saturated rings. The highest BCUT2D eigenvalue weighted by Crippen LogP contribution is 2.21. The number of benzene rings is 3. The summed E-state index contributed by atoms with van der Waals surface area (Å²) in [5.41, 5.74) is 0.955. The zero-order chi connectivity index (χ0) is 23.1. The lowest BCUT2D eigenvalue weighted by molar-refractivity contribution is -0.115. The summed E-state index contributed by atoms with van der Waals surface area (Å²) in [6.45, 7) is -0.299. The van der Waals surface area contributed by atoms with E-state index in [2.05, 4.69) is 15.4 Å². The summed E-state index contributed by atoms with van der Waals surface area (Å²) < 4.78 is 32.9. The smallest absolute Gasteiger partial charge is 0.261 e. The minimum atomic E-state index is -3.88. The molecule has 8 nitrogen and oxygen atoms in total.